The van der Waals surface area contributed by atoms with Crippen molar-refractivity contribution in [1.29, 1.82) is 0 Å². The molecule has 0 saturated carbocycles. The van der Waals surface area contributed by atoms with Crippen LogP contribution in [0.15, 0.2) is 24.3 Å². The molecule has 0 aliphatic heterocycles. The Morgan fingerprint density at radius 2 is 0.455 bits per heavy atom. The number of rotatable bonds is 65. The molecular weight excluding hydrogens is 949 g/mol. The number of carbonyl (C=O) groups excluding carboxylic acids is 3. The highest BCUT2D eigenvalue weighted by molar-refractivity contribution is 5.71. The van der Waals surface area contributed by atoms with Crippen molar-refractivity contribution in [3.05, 3.63) is 24.3 Å². The second-order valence-electron chi connectivity index (χ2n) is 23.8. The molecule has 0 heterocycles. The van der Waals surface area contributed by atoms with E-state index in [4.69, 9.17) is 14.2 Å². The van der Waals surface area contributed by atoms with Crippen LogP contribution in [0.5, 0.6) is 0 Å². The lowest BCUT2D eigenvalue weighted by Crippen LogP contribution is -2.30. The van der Waals surface area contributed by atoms with E-state index in [-0.39, 0.29) is 31.1 Å². The van der Waals surface area contributed by atoms with Gasteiger partial charge in [0.15, 0.2) is 6.10 Å². The highest BCUT2D eigenvalue weighted by Crippen LogP contribution is 2.19. The average Bonchev–Trinajstić information content (AvgIpc) is 3.43. The summed E-state index contributed by atoms with van der Waals surface area (Å²) >= 11 is 0. The van der Waals surface area contributed by atoms with Crippen LogP contribution in [0.25, 0.3) is 0 Å². The SMILES string of the molecule is CCC/C=C\CCCCCCCC(=O)OCC(COC(=O)CCCCCCCCCCCCCCCCCCCCCCCCC/C=C\CCCCCCCCCC)OC(=O)CCCCCCCCCCCCCCCC. The fourth-order valence-corrected chi connectivity index (χ4v) is 10.7. The molecule has 0 amide bonds. The van der Waals surface area contributed by atoms with Gasteiger partial charge in [-0.25, -0.2) is 0 Å². The van der Waals surface area contributed by atoms with Crippen molar-refractivity contribution < 1.29 is 28.6 Å². The van der Waals surface area contributed by atoms with Gasteiger partial charge in [0.1, 0.15) is 13.2 Å². The molecule has 0 aliphatic rings. The summed E-state index contributed by atoms with van der Waals surface area (Å²) in [6.45, 7) is 6.63. The van der Waals surface area contributed by atoms with Crippen LogP contribution in [-0.2, 0) is 28.6 Å². The lowest BCUT2D eigenvalue weighted by Gasteiger charge is -2.18. The summed E-state index contributed by atoms with van der Waals surface area (Å²) in [7, 11) is 0. The van der Waals surface area contributed by atoms with E-state index in [0.717, 1.165) is 70.6 Å². The van der Waals surface area contributed by atoms with Gasteiger partial charge in [-0.2, -0.15) is 0 Å². The maximum atomic E-state index is 12.9. The molecule has 77 heavy (non-hydrogen) atoms. The summed E-state index contributed by atoms with van der Waals surface area (Å²) in [6, 6.07) is 0. The zero-order chi connectivity index (χ0) is 55.7. The first-order chi connectivity index (χ1) is 38.0. The first-order valence-electron chi connectivity index (χ1n) is 34.8. The number of ether oxygens (including phenoxy) is 3. The van der Waals surface area contributed by atoms with Gasteiger partial charge in [-0.15, -0.1) is 0 Å². The predicted octanol–water partition coefficient (Wildman–Crippen LogP) is 23.8. The van der Waals surface area contributed by atoms with Crippen LogP contribution in [0.1, 0.15) is 393 Å². The first-order valence-corrected chi connectivity index (χ1v) is 34.8. The Kier molecular flexibility index (Phi) is 64.6. The van der Waals surface area contributed by atoms with E-state index >= 15 is 0 Å². The highest BCUT2D eigenvalue weighted by atomic mass is 16.6. The lowest BCUT2D eigenvalue weighted by atomic mass is 10.0. The third-order valence-corrected chi connectivity index (χ3v) is 15.9. The third kappa shape index (κ3) is 64.6. The summed E-state index contributed by atoms with van der Waals surface area (Å²) in [5.41, 5.74) is 0. The Balaban J connectivity index is 3.95. The Morgan fingerprint density at radius 3 is 0.701 bits per heavy atom. The number of esters is 3. The van der Waals surface area contributed by atoms with E-state index in [1.165, 1.54) is 283 Å². The topological polar surface area (TPSA) is 78.9 Å². The second-order valence-corrected chi connectivity index (χ2v) is 23.8. The quantitative estimate of drug-likeness (QED) is 0.0261. The van der Waals surface area contributed by atoms with Gasteiger partial charge in [-0.05, 0) is 64.2 Å². The molecule has 0 aromatic rings. The second kappa shape index (κ2) is 66.4. The van der Waals surface area contributed by atoms with Crippen molar-refractivity contribution in [2.75, 3.05) is 13.2 Å². The summed E-state index contributed by atoms with van der Waals surface area (Å²) in [4.78, 5) is 38.2. The molecule has 0 aliphatic carbocycles. The smallest absolute Gasteiger partial charge is 0.306 e. The lowest BCUT2D eigenvalue weighted by molar-refractivity contribution is -0.167. The molecule has 0 fully saturated rings. The van der Waals surface area contributed by atoms with E-state index in [1.807, 2.05) is 0 Å². The molecule has 1 atom stereocenters. The third-order valence-electron chi connectivity index (χ3n) is 15.9. The predicted molar refractivity (Wildman–Crippen MR) is 335 cm³/mol. The molecular formula is C71H134O6. The van der Waals surface area contributed by atoms with E-state index < -0.39 is 6.10 Å². The summed E-state index contributed by atoms with van der Waals surface area (Å²) in [5.74, 6) is -0.853. The minimum atomic E-state index is -0.769. The van der Waals surface area contributed by atoms with Gasteiger partial charge < -0.3 is 14.2 Å². The molecule has 6 nitrogen and oxygen atoms in total. The Bertz CT molecular complexity index is 1240. The molecule has 1 unspecified atom stereocenters. The van der Waals surface area contributed by atoms with Crippen LogP contribution in [0, 0.1) is 0 Å². The molecule has 0 radical (unpaired) electrons. The van der Waals surface area contributed by atoms with E-state index in [2.05, 4.69) is 45.1 Å². The van der Waals surface area contributed by atoms with E-state index in [0.29, 0.717) is 19.3 Å². The van der Waals surface area contributed by atoms with Crippen LogP contribution in [0.2, 0.25) is 0 Å². The average molecular weight is 1080 g/mol. The minimum Gasteiger partial charge on any atom is -0.462 e. The molecule has 0 spiro atoms. The summed E-state index contributed by atoms with van der Waals surface area (Å²) in [5, 5.41) is 0. The number of allylic oxidation sites excluding steroid dienone is 4. The molecule has 6 heteroatoms. The number of unbranched alkanes of at least 4 members (excludes halogenated alkanes) is 50. The van der Waals surface area contributed by atoms with Crippen molar-refractivity contribution in [3.63, 3.8) is 0 Å². The Morgan fingerprint density at radius 1 is 0.247 bits per heavy atom. The molecule has 0 saturated heterocycles. The normalized spacial score (nSPS) is 12.1. The van der Waals surface area contributed by atoms with Crippen molar-refractivity contribution in [2.45, 2.75) is 399 Å². The van der Waals surface area contributed by atoms with Gasteiger partial charge in [0.25, 0.3) is 0 Å². The van der Waals surface area contributed by atoms with Crippen LogP contribution >= 0.6 is 0 Å². The van der Waals surface area contributed by atoms with Crippen LogP contribution < -0.4 is 0 Å². The monoisotopic (exact) mass is 1080 g/mol. The largest absolute Gasteiger partial charge is 0.462 e. The highest BCUT2D eigenvalue weighted by Gasteiger charge is 2.19. The first kappa shape index (κ1) is 74.9. The van der Waals surface area contributed by atoms with Gasteiger partial charge in [-0.3, -0.25) is 14.4 Å². The van der Waals surface area contributed by atoms with E-state index in [9.17, 15) is 14.4 Å². The molecule has 0 N–H and O–H groups in total. The zero-order valence-corrected chi connectivity index (χ0v) is 52.3. The number of hydrogen-bond acceptors (Lipinski definition) is 6. The van der Waals surface area contributed by atoms with Crippen molar-refractivity contribution >= 4 is 17.9 Å². The molecule has 0 aromatic heterocycles. The van der Waals surface area contributed by atoms with Crippen LogP contribution in [0.3, 0.4) is 0 Å². The van der Waals surface area contributed by atoms with Crippen LogP contribution in [0.4, 0.5) is 0 Å². The number of hydrogen-bond donors (Lipinski definition) is 0. The Hall–Kier alpha value is -2.11. The van der Waals surface area contributed by atoms with Crippen molar-refractivity contribution in [2.24, 2.45) is 0 Å². The standard InChI is InChI=1S/C71H134O6/c1-4-7-10-13-16-19-22-24-26-27-28-29-30-31-32-33-34-35-36-37-38-39-40-41-42-43-44-45-46-48-49-52-55-58-61-64-70(73)76-67-68(66-75-69(72)63-60-57-54-51-21-18-15-12-9-6-3)77-71(74)65-62-59-56-53-50-47-25-23-20-17-14-11-8-5-2/h12,15,27-28,68H,4-11,13-14,16-26,29-67H2,1-3H3/b15-12-,28-27-. The summed E-state index contributed by atoms with van der Waals surface area (Å²) in [6.07, 6.45) is 81.0. The van der Waals surface area contributed by atoms with Gasteiger partial charge in [-0.1, -0.05) is 334 Å². The summed E-state index contributed by atoms with van der Waals surface area (Å²) < 4.78 is 16.9. The fraction of sp³-hybridized carbons (Fsp3) is 0.901. The van der Waals surface area contributed by atoms with Gasteiger partial charge in [0.05, 0.1) is 0 Å². The molecule has 454 valence electrons. The zero-order valence-electron chi connectivity index (χ0n) is 52.3. The fourth-order valence-electron chi connectivity index (χ4n) is 10.7. The Labute approximate surface area is 481 Å². The molecule has 0 aromatic carbocycles. The minimum absolute atomic E-state index is 0.0676. The maximum Gasteiger partial charge on any atom is 0.306 e. The van der Waals surface area contributed by atoms with Gasteiger partial charge >= 0.3 is 17.9 Å². The molecule has 0 rings (SSSR count). The van der Waals surface area contributed by atoms with Crippen LogP contribution in [-0.4, -0.2) is 37.2 Å². The van der Waals surface area contributed by atoms with Gasteiger partial charge in [0, 0.05) is 19.3 Å². The van der Waals surface area contributed by atoms with E-state index in [1.54, 1.807) is 0 Å². The van der Waals surface area contributed by atoms with Crippen molar-refractivity contribution in [3.8, 4) is 0 Å². The maximum absolute atomic E-state index is 12.9. The van der Waals surface area contributed by atoms with Crippen molar-refractivity contribution in [1.82, 2.24) is 0 Å². The molecule has 0 bridgehead atoms. The number of carbonyl (C=O) groups is 3. The van der Waals surface area contributed by atoms with Gasteiger partial charge in [0.2, 0.25) is 0 Å².